The standard InChI is InChI=1S/C20H28N4O2/c1-3-24(17-11-7-6-8-12-17)15-18(25)22-20(13-9-4-5-10-14-20)19-21-16(2)26-23-19/h6-8,11-12H,3-5,9-10,13-15H2,1-2H3,(H,22,25). The molecule has 0 bridgehead atoms. The summed E-state index contributed by atoms with van der Waals surface area (Å²) < 4.78 is 5.21. The number of nitrogens with one attached hydrogen (secondary N) is 1. The highest BCUT2D eigenvalue weighted by Gasteiger charge is 2.38. The van der Waals surface area contributed by atoms with Gasteiger partial charge >= 0.3 is 0 Å². The summed E-state index contributed by atoms with van der Waals surface area (Å²) in [6, 6.07) is 10.0. The smallest absolute Gasteiger partial charge is 0.240 e. The Kier molecular flexibility index (Phi) is 5.91. The summed E-state index contributed by atoms with van der Waals surface area (Å²) in [6.07, 6.45) is 6.19. The molecule has 140 valence electrons. The number of carbonyl (C=O) groups is 1. The third-order valence-electron chi connectivity index (χ3n) is 5.13. The molecule has 0 atom stereocenters. The average Bonchev–Trinajstić information content (AvgIpc) is 2.96. The number of aryl methyl sites for hydroxylation is 1. The van der Waals surface area contributed by atoms with Crippen molar-refractivity contribution in [3.63, 3.8) is 0 Å². The predicted octanol–water partition coefficient (Wildman–Crippen LogP) is 3.57. The van der Waals surface area contributed by atoms with Crippen LogP contribution in [0.4, 0.5) is 5.69 Å². The number of likely N-dealkylation sites (N-methyl/N-ethyl adjacent to an activating group) is 1. The summed E-state index contributed by atoms with van der Waals surface area (Å²) in [5, 5.41) is 7.42. The van der Waals surface area contributed by atoms with Crippen LogP contribution in [0.15, 0.2) is 34.9 Å². The quantitative estimate of drug-likeness (QED) is 0.801. The summed E-state index contributed by atoms with van der Waals surface area (Å²) in [5.41, 5.74) is 0.539. The van der Waals surface area contributed by atoms with E-state index < -0.39 is 5.54 Å². The van der Waals surface area contributed by atoms with Crippen molar-refractivity contribution in [2.75, 3.05) is 18.0 Å². The van der Waals surface area contributed by atoms with Gasteiger partial charge in [0, 0.05) is 19.2 Å². The summed E-state index contributed by atoms with van der Waals surface area (Å²) in [7, 11) is 0. The summed E-state index contributed by atoms with van der Waals surface area (Å²) in [6.45, 7) is 4.94. The maximum absolute atomic E-state index is 12.9. The van der Waals surface area contributed by atoms with Gasteiger partial charge in [-0.1, -0.05) is 49.0 Å². The molecule has 1 saturated carbocycles. The zero-order valence-corrected chi connectivity index (χ0v) is 15.7. The number of amides is 1. The molecule has 0 unspecified atom stereocenters. The van der Waals surface area contributed by atoms with Crippen LogP contribution in [0.5, 0.6) is 0 Å². The van der Waals surface area contributed by atoms with E-state index in [0.29, 0.717) is 18.3 Å². The van der Waals surface area contributed by atoms with Crippen molar-refractivity contribution in [2.24, 2.45) is 0 Å². The van der Waals surface area contributed by atoms with E-state index >= 15 is 0 Å². The SMILES string of the molecule is CCN(CC(=O)NC1(c2noc(C)n2)CCCCCC1)c1ccccc1. The molecule has 1 aromatic heterocycles. The monoisotopic (exact) mass is 356 g/mol. The van der Waals surface area contributed by atoms with Gasteiger partial charge in [0.15, 0.2) is 5.82 Å². The minimum Gasteiger partial charge on any atom is -0.363 e. The van der Waals surface area contributed by atoms with Gasteiger partial charge in [0.2, 0.25) is 11.8 Å². The highest BCUT2D eigenvalue weighted by Crippen LogP contribution is 2.34. The van der Waals surface area contributed by atoms with Crippen molar-refractivity contribution in [1.29, 1.82) is 0 Å². The first-order chi connectivity index (χ1) is 12.6. The summed E-state index contributed by atoms with van der Waals surface area (Å²) in [4.78, 5) is 19.4. The lowest BCUT2D eigenvalue weighted by molar-refractivity contribution is -0.122. The van der Waals surface area contributed by atoms with Crippen LogP contribution in [-0.2, 0) is 10.3 Å². The van der Waals surface area contributed by atoms with E-state index in [9.17, 15) is 4.79 Å². The fraction of sp³-hybridized carbons (Fsp3) is 0.550. The van der Waals surface area contributed by atoms with Gasteiger partial charge in [0.25, 0.3) is 0 Å². The molecule has 1 aromatic carbocycles. The Morgan fingerprint density at radius 3 is 2.46 bits per heavy atom. The second-order valence-corrected chi connectivity index (χ2v) is 7.03. The Bertz CT molecular complexity index is 706. The van der Waals surface area contributed by atoms with Crippen molar-refractivity contribution < 1.29 is 9.32 Å². The van der Waals surface area contributed by atoms with Gasteiger partial charge in [-0.15, -0.1) is 0 Å². The second-order valence-electron chi connectivity index (χ2n) is 7.03. The third-order valence-corrected chi connectivity index (χ3v) is 5.13. The van der Waals surface area contributed by atoms with E-state index in [1.54, 1.807) is 6.92 Å². The van der Waals surface area contributed by atoms with Crippen LogP contribution in [0.1, 0.15) is 57.2 Å². The first kappa shape index (κ1) is 18.4. The zero-order valence-electron chi connectivity index (χ0n) is 15.7. The Balaban J connectivity index is 1.76. The highest BCUT2D eigenvalue weighted by molar-refractivity contribution is 5.82. The number of hydrogen-bond donors (Lipinski definition) is 1. The van der Waals surface area contributed by atoms with Gasteiger partial charge in [0.05, 0.1) is 6.54 Å². The number of para-hydroxylation sites is 1. The fourth-order valence-electron chi connectivity index (χ4n) is 3.73. The van der Waals surface area contributed by atoms with E-state index in [0.717, 1.165) is 37.9 Å². The molecule has 0 spiro atoms. The first-order valence-electron chi connectivity index (χ1n) is 9.55. The maximum Gasteiger partial charge on any atom is 0.240 e. The normalized spacial score (nSPS) is 16.7. The van der Waals surface area contributed by atoms with Crippen LogP contribution >= 0.6 is 0 Å². The lowest BCUT2D eigenvalue weighted by atomic mass is 9.89. The van der Waals surface area contributed by atoms with E-state index in [4.69, 9.17) is 4.52 Å². The molecular formula is C20H28N4O2. The molecule has 1 heterocycles. The van der Waals surface area contributed by atoms with Gasteiger partial charge < -0.3 is 14.7 Å². The Hall–Kier alpha value is -2.37. The fourth-order valence-corrected chi connectivity index (χ4v) is 3.73. The molecule has 0 aliphatic heterocycles. The summed E-state index contributed by atoms with van der Waals surface area (Å²) >= 11 is 0. The highest BCUT2D eigenvalue weighted by atomic mass is 16.5. The average molecular weight is 356 g/mol. The number of hydrogen-bond acceptors (Lipinski definition) is 5. The van der Waals surface area contributed by atoms with Gasteiger partial charge in [-0.3, -0.25) is 4.79 Å². The number of aromatic nitrogens is 2. The molecule has 2 aromatic rings. The van der Waals surface area contributed by atoms with Gasteiger partial charge in [0.1, 0.15) is 5.54 Å². The molecule has 0 saturated heterocycles. The molecule has 0 radical (unpaired) electrons. The number of carbonyl (C=O) groups excluding carboxylic acids is 1. The number of benzene rings is 1. The van der Waals surface area contributed by atoms with Gasteiger partial charge in [-0.2, -0.15) is 4.98 Å². The molecule has 1 amide bonds. The number of nitrogens with zero attached hydrogens (tertiary/aromatic N) is 3. The molecule has 1 aliphatic rings. The minimum atomic E-state index is -0.512. The van der Waals surface area contributed by atoms with Crippen molar-refractivity contribution in [3.05, 3.63) is 42.0 Å². The first-order valence-corrected chi connectivity index (χ1v) is 9.55. The van der Waals surface area contributed by atoms with Gasteiger partial charge in [-0.05, 0) is 31.9 Å². The lowest BCUT2D eigenvalue weighted by Crippen LogP contribution is -2.50. The van der Waals surface area contributed by atoms with Crippen molar-refractivity contribution in [1.82, 2.24) is 15.5 Å². The molecule has 6 heteroatoms. The van der Waals surface area contributed by atoms with E-state index in [2.05, 4.69) is 27.3 Å². The van der Waals surface area contributed by atoms with Gasteiger partial charge in [-0.25, -0.2) is 0 Å². The zero-order chi connectivity index (χ0) is 18.4. The molecule has 1 N–H and O–H groups in total. The minimum absolute atomic E-state index is 0.0000520. The third kappa shape index (κ3) is 4.23. The van der Waals surface area contributed by atoms with Crippen LogP contribution in [0, 0.1) is 6.92 Å². The van der Waals surface area contributed by atoms with E-state index in [1.807, 2.05) is 30.3 Å². The van der Waals surface area contributed by atoms with Crippen LogP contribution in [0.2, 0.25) is 0 Å². The Morgan fingerprint density at radius 2 is 1.88 bits per heavy atom. The largest absolute Gasteiger partial charge is 0.363 e. The lowest BCUT2D eigenvalue weighted by Gasteiger charge is -2.32. The number of rotatable bonds is 6. The van der Waals surface area contributed by atoms with E-state index in [-0.39, 0.29) is 5.91 Å². The molecule has 6 nitrogen and oxygen atoms in total. The number of anilines is 1. The van der Waals surface area contributed by atoms with E-state index in [1.165, 1.54) is 12.8 Å². The van der Waals surface area contributed by atoms with Crippen LogP contribution in [-0.4, -0.2) is 29.1 Å². The second kappa shape index (κ2) is 8.34. The Labute approximate surface area is 155 Å². The van der Waals surface area contributed by atoms with Crippen molar-refractivity contribution in [3.8, 4) is 0 Å². The molecule has 1 aliphatic carbocycles. The van der Waals surface area contributed by atoms with Crippen LogP contribution in [0.25, 0.3) is 0 Å². The summed E-state index contributed by atoms with van der Waals surface area (Å²) in [5.74, 6) is 1.16. The molecule has 3 rings (SSSR count). The Morgan fingerprint density at radius 1 is 1.19 bits per heavy atom. The van der Waals surface area contributed by atoms with Crippen molar-refractivity contribution >= 4 is 11.6 Å². The molecule has 1 fully saturated rings. The van der Waals surface area contributed by atoms with Crippen LogP contribution in [0.3, 0.4) is 0 Å². The van der Waals surface area contributed by atoms with Crippen molar-refractivity contribution in [2.45, 2.75) is 57.9 Å². The molecular weight excluding hydrogens is 328 g/mol. The maximum atomic E-state index is 12.9. The van der Waals surface area contributed by atoms with Crippen LogP contribution < -0.4 is 10.2 Å². The topological polar surface area (TPSA) is 71.3 Å². The predicted molar refractivity (Wildman–Crippen MR) is 101 cm³/mol. The molecule has 26 heavy (non-hydrogen) atoms.